The second kappa shape index (κ2) is 6.08. The van der Waals surface area contributed by atoms with Gasteiger partial charge in [0.15, 0.2) is 0 Å². The highest BCUT2D eigenvalue weighted by atomic mass is 35.5. The zero-order valence-corrected chi connectivity index (χ0v) is 9.80. The maximum absolute atomic E-state index is 6.26. The van der Waals surface area contributed by atoms with Gasteiger partial charge in [0, 0.05) is 5.38 Å². The molecule has 0 spiro atoms. The van der Waals surface area contributed by atoms with Crippen molar-refractivity contribution in [2.45, 2.75) is 38.5 Å². The van der Waals surface area contributed by atoms with Gasteiger partial charge in [-0.25, -0.2) is 0 Å². The highest BCUT2D eigenvalue weighted by Gasteiger charge is 2.06. The van der Waals surface area contributed by atoms with E-state index in [2.05, 4.69) is 38.1 Å². The van der Waals surface area contributed by atoms with Gasteiger partial charge >= 0.3 is 0 Å². The second-order valence-electron chi connectivity index (χ2n) is 4.26. The van der Waals surface area contributed by atoms with Crippen LogP contribution in [-0.4, -0.2) is 5.38 Å². The lowest BCUT2D eigenvalue weighted by Gasteiger charge is -2.10. The molecule has 1 rings (SSSR count). The van der Waals surface area contributed by atoms with Crippen molar-refractivity contribution in [3.05, 3.63) is 35.9 Å². The third-order valence-corrected chi connectivity index (χ3v) is 2.73. The van der Waals surface area contributed by atoms with Crippen molar-refractivity contribution < 1.29 is 0 Å². The molecule has 1 aromatic rings. The van der Waals surface area contributed by atoms with Crippen molar-refractivity contribution in [1.29, 1.82) is 0 Å². The molecule has 0 saturated carbocycles. The van der Waals surface area contributed by atoms with Gasteiger partial charge in [-0.3, -0.25) is 0 Å². The molecule has 0 aliphatic rings. The van der Waals surface area contributed by atoms with E-state index in [0.717, 1.165) is 18.8 Å². The van der Waals surface area contributed by atoms with Crippen molar-refractivity contribution in [1.82, 2.24) is 0 Å². The van der Waals surface area contributed by atoms with Crippen LogP contribution in [0.25, 0.3) is 0 Å². The molecule has 0 aliphatic carbocycles. The first-order valence-corrected chi connectivity index (χ1v) is 5.80. The SMILES string of the molecule is CC(C)CCC(Cl)Cc1ccccc1. The zero-order valence-electron chi connectivity index (χ0n) is 9.04. The van der Waals surface area contributed by atoms with E-state index in [1.165, 1.54) is 12.0 Å². The molecule has 1 heteroatoms. The predicted molar refractivity (Wildman–Crippen MR) is 63.9 cm³/mol. The topological polar surface area (TPSA) is 0 Å². The van der Waals surface area contributed by atoms with E-state index in [1.54, 1.807) is 0 Å². The van der Waals surface area contributed by atoms with Crippen LogP contribution in [-0.2, 0) is 6.42 Å². The summed E-state index contributed by atoms with van der Waals surface area (Å²) in [5.41, 5.74) is 1.34. The molecule has 0 aromatic heterocycles. The molecule has 0 fully saturated rings. The molecule has 0 saturated heterocycles. The molecule has 1 atom stereocenters. The first-order chi connectivity index (χ1) is 6.68. The Morgan fingerprint density at radius 3 is 2.29 bits per heavy atom. The Hall–Kier alpha value is -0.490. The van der Waals surface area contributed by atoms with Gasteiger partial charge in [-0.1, -0.05) is 44.2 Å². The molecule has 1 aromatic carbocycles. The predicted octanol–water partition coefficient (Wildman–Crippen LogP) is 4.27. The van der Waals surface area contributed by atoms with Crippen LogP contribution in [0.3, 0.4) is 0 Å². The molecule has 0 radical (unpaired) electrons. The summed E-state index contributed by atoms with van der Waals surface area (Å²) in [7, 11) is 0. The Labute approximate surface area is 92.3 Å². The average Bonchev–Trinajstić information content (AvgIpc) is 2.16. The van der Waals surface area contributed by atoms with Crippen molar-refractivity contribution >= 4 is 11.6 Å². The number of rotatable bonds is 5. The molecule has 1 unspecified atom stereocenters. The molecule has 78 valence electrons. The molecule has 0 heterocycles. The minimum Gasteiger partial charge on any atom is -0.123 e. The lowest BCUT2D eigenvalue weighted by Crippen LogP contribution is -2.04. The Balaban J connectivity index is 2.30. The number of benzene rings is 1. The fraction of sp³-hybridized carbons (Fsp3) is 0.538. The van der Waals surface area contributed by atoms with Gasteiger partial charge in [-0.2, -0.15) is 0 Å². The van der Waals surface area contributed by atoms with E-state index in [9.17, 15) is 0 Å². The van der Waals surface area contributed by atoms with Crippen LogP contribution in [0.4, 0.5) is 0 Å². The fourth-order valence-electron chi connectivity index (χ4n) is 1.49. The van der Waals surface area contributed by atoms with Crippen molar-refractivity contribution in [2.24, 2.45) is 5.92 Å². The minimum atomic E-state index is 0.291. The maximum Gasteiger partial charge on any atom is 0.0376 e. The van der Waals surface area contributed by atoms with Gasteiger partial charge in [0.2, 0.25) is 0 Å². The van der Waals surface area contributed by atoms with Crippen molar-refractivity contribution in [3.8, 4) is 0 Å². The smallest absolute Gasteiger partial charge is 0.0376 e. The summed E-state index contributed by atoms with van der Waals surface area (Å²) >= 11 is 6.26. The van der Waals surface area contributed by atoms with Gasteiger partial charge in [0.25, 0.3) is 0 Å². The fourth-order valence-corrected chi connectivity index (χ4v) is 1.79. The van der Waals surface area contributed by atoms with Gasteiger partial charge in [-0.15, -0.1) is 11.6 Å². The summed E-state index contributed by atoms with van der Waals surface area (Å²) in [5.74, 6) is 0.757. The lowest BCUT2D eigenvalue weighted by atomic mass is 10.0. The third kappa shape index (κ3) is 4.66. The van der Waals surface area contributed by atoms with Gasteiger partial charge in [0.05, 0.1) is 0 Å². The van der Waals surface area contributed by atoms with Crippen LogP contribution >= 0.6 is 11.6 Å². The first-order valence-electron chi connectivity index (χ1n) is 5.36. The van der Waals surface area contributed by atoms with E-state index < -0.39 is 0 Å². The molecular weight excluding hydrogens is 192 g/mol. The van der Waals surface area contributed by atoms with Crippen LogP contribution in [0, 0.1) is 5.92 Å². The van der Waals surface area contributed by atoms with E-state index in [1.807, 2.05) is 6.07 Å². The van der Waals surface area contributed by atoms with E-state index in [-0.39, 0.29) is 0 Å². The normalized spacial score (nSPS) is 13.1. The number of alkyl halides is 1. The molecule has 0 bridgehead atoms. The maximum atomic E-state index is 6.26. The van der Waals surface area contributed by atoms with Crippen LogP contribution in [0.15, 0.2) is 30.3 Å². The van der Waals surface area contributed by atoms with Crippen molar-refractivity contribution in [3.63, 3.8) is 0 Å². The van der Waals surface area contributed by atoms with E-state index >= 15 is 0 Å². The van der Waals surface area contributed by atoms with Crippen LogP contribution in [0.1, 0.15) is 32.3 Å². The summed E-state index contributed by atoms with van der Waals surface area (Å²) in [6.45, 7) is 4.48. The molecule has 0 amide bonds. The Bertz CT molecular complexity index is 241. The first kappa shape index (κ1) is 11.6. The third-order valence-electron chi connectivity index (χ3n) is 2.36. The summed E-state index contributed by atoms with van der Waals surface area (Å²) in [6, 6.07) is 10.5. The Morgan fingerprint density at radius 2 is 1.71 bits per heavy atom. The Morgan fingerprint density at radius 1 is 1.07 bits per heavy atom. The number of hydrogen-bond donors (Lipinski definition) is 0. The molecule has 14 heavy (non-hydrogen) atoms. The molecule has 0 aliphatic heterocycles. The van der Waals surface area contributed by atoms with Gasteiger partial charge in [0.1, 0.15) is 0 Å². The van der Waals surface area contributed by atoms with Crippen LogP contribution in [0.5, 0.6) is 0 Å². The standard InChI is InChI=1S/C13H19Cl/c1-11(2)8-9-13(14)10-12-6-4-3-5-7-12/h3-7,11,13H,8-10H2,1-2H3. The lowest BCUT2D eigenvalue weighted by molar-refractivity contribution is 0.541. The second-order valence-corrected chi connectivity index (χ2v) is 4.88. The quantitative estimate of drug-likeness (QED) is 0.637. The van der Waals surface area contributed by atoms with Crippen molar-refractivity contribution in [2.75, 3.05) is 0 Å². The summed E-state index contributed by atoms with van der Waals surface area (Å²) in [5, 5.41) is 0.291. The monoisotopic (exact) mass is 210 g/mol. The largest absolute Gasteiger partial charge is 0.123 e. The average molecular weight is 211 g/mol. The summed E-state index contributed by atoms with van der Waals surface area (Å²) in [4.78, 5) is 0. The van der Waals surface area contributed by atoms with Gasteiger partial charge in [-0.05, 0) is 30.7 Å². The van der Waals surface area contributed by atoms with E-state index in [4.69, 9.17) is 11.6 Å². The highest BCUT2D eigenvalue weighted by Crippen LogP contribution is 2.15. The minimum absolute atomic E-state index is 0.291. The molecule has 0 N–H and O–H groups in total. The Kier molecular flexibility index (Phi) is 5.03. The highest BCUT2D eigenvalue weighted by molar-refractivity contribution is 6.20. The van der Waals surface area contributed by atoms with Gasteiger partial charge < -0.3 is 0 Å². The summed E-state index contributed by atoms with van der Waals surface area (Å²) in [6.07, 6.45) is 3.34. The number of hydrogen-bond acceptors (Lipinski definition) is 0. The number of halogens is 1. The summed E-state index contributed by atoms with van der Waals surface area (Å²) < 4.78 is 0. The van der Waals surface area contributed by atoms with Crippen LogP contribution < -0.4 is 0 Å². The molecular formula is C13H19Cl. The molecule has 0 nitrogen and oxygen atoms in total. The van der Waals surface area contributed by atoms with Crippen LogP contribution in [0.2, 0.25) is 0 Å². The zero-order chi connectivity index (χ0) is 10.4. The van der Waals surface area contributed by atoms with E-state index in [0.29, 0.717) is 5.38 Å².